The first kappa shape index (κ1) is 19.1. The molecule has 0 atom stereocenters. The van der Waals surface area contributed by atoms with Crippen molar-refractivity contribution in [2.45, 2.75) is 32.6 Å². The van der Waals surface area contributed by atoms with Gasteiger partial charge in [0.05, 0.1) is 5.92 Å². The maximum atomic E-state index is 11.9. The average Bonchev–Trinajstić information content (AvgIpc) is 2.50. The van der Waals surface area contributed by atoms with E-state index in [-0.39, 0.29) is 42.0 Å². The van der Waals surface area contributed by atoms with Crippen LogP contribution in [-0.4, -0.2) is 36.2 Å². The van der Waals surface area contributed by atoms with Gasteiger partial charge in [-0.15, -0.1) is 0 Å². The van der Waals surface area contributed by atoms with Crippen molar-refractivity contribution in [1.82, 2.24) is 5.32 Å². The molecule has 0 bridgehead atoms. The van der Waals surface area contributed by atoms with Crippen LogP contribution in [0.25, 0.3) is 0 Å². The van der Waals surface area contributed by atoms with E-state index < -0.39 is 5.97 Å². The van der Waals surface area contributed by atoms with Crippen LogP contribution in [0.4, 0.5) is 0 Å². The molecular weight excluding hydrogens is 320 g/mol. The van der Waals surface area contributed by atoms with Crippen LogP contribution in [0, 0.1) is 11.8 Å². The standard InChI is InChI=1S/C15H22N2O5S/c1-9(2)13(19)21-7-8-22-14(20)11-5-3-10(4-6-11)12(18)17-15(16)23/h10-11H,1,3-8H2,2H3,(H3,16,17,18,23). The smallest absolute Gasteiger partial charge is 0.333 e. The molecule has 1 aliphatic carbocycles. The van der Waals surface area contributed by atoms with E-state index in [0.29, 0.717) is 31.3 Å². The summed E-state index contributed by atoms with van der Waals surface area (Å²) in [4.78, 5) is 34.8. The maximum Gasteiger partial charge on any atom is 0.333 e. The van der Waals surface area contributed by atoms with Gasteiger partial charge >= 0.3 is 11.9 Å². The number of esters is 2. The Morgan fingerprint density at radius 3 is 2.17 bits per heavy atom. The molecular formula is C15H22N2O5S. The highest BCUT2D eigenvalue weighted by Crippen LogP contribution is 2.29. The Kier molecular flexibility index (Phi) is 7.67. The summed E-state index contributed by atoms with van der Waals surface area (Å²) in [6.07, 6.45) is 2.30. The third-order valence-corrected chi connectivity index (χ3v) is 3.69. The molecule has 0 heterocycles. The highest BCUT2D eigenvalue weighted by atomic mass is 32.1. The number of hydrogen-bond acceptors (Lipinski definition) is 6. The number of ether oxygens (including phenoxy) is 2. The number of hydrogen-bond donors (Lipinski definition) is 2. The minimum Gasteiger partial charge on any atom is -0.462 e. The lowest BCUT2D eigenvalue weighted by Gasteiger charge is -2.26. The predicted molar refractivity (Wildman–Crippen MR) is 87.1 cm³/mol. The van der Waals surface area contributed by atoms with Crippen LogP contribution < -0.4 is 11.1 Å². The number of carbonyl (C=O) groups excluding carboxylic acids is 3. The molecule has 0 unspecified atom stereocenters. The van der Waals surface area contributed by atoms with Gasteiger partial charge in [-0.25, -0.2) is 4.79 Å². The van der Waals surface area contributed by atoms with E-state index in [2.05, 4.69) is 24.1 Å². The van der Waals surface area contributed by atoms with Gasteiger partial charge in [-0.05, 0) is 44.8 Å². The highest BCUT2D eigenvalue weighted by molar-refractivity contribution is 7.80. The van der Waals surface area contributed by atoms with E-state index in [1.54, 1.807) is 6.92 Å². The van der Waals surface area contributed by atoms with Gasteiger partial charge in [-0.1, -0.05) is 6.58 Å². The molecule has 1 saturated carbocycles. The van der Waals surface area contributed by atoms with Crippen molar-refractivity contribution < 1.29 is 23.9 Å². The van der Waals surface area contributed by atoms with Gasteiger partial charge < -0.3 is 20.5 Å². The summed E-state index contributed by atoms with van der Waals surface area (Å²) >= 11 is 4.63. The molecule has 1 aliphatic rings. The molecule has 128 valence electrons. The van der Waals surface area contributed by atoms with Gasteiger partial charge in [0.1, 0.15) is 13.2 Å². The second-order valence-electron chi connectivity index (χ2n) is 5.49. The molecule has 1 rings (SSSR count). The first-order valence-electron chi connectivity index (χ1n) is 7.40. The topological polar surface area (TPSA) is 108 Å². The van der Waals surface area contributed by atoms with E-state index in [1.807, 2.05) is 0 Å². The zero-order valence-corrected chi connectivity index (χ0v) is 13.9. The third-order valence-electron chi connectivity index (χ3n) is 3.59. The normalized spacial score (nSPS) is 20.2. The molecule has 1 amide bonds. The van der Waals surface area contributed by atoms with Crippen LogP contribution in [-0.2, 0) is 23.9 Å². The Bertz CT molecular complexity index is 498. The van der Waals surface area contributed by atoms with Gasteiger partial charge in [0.25, 0.3) is 0 Å². The molecule has 0 aromatic rings. The molecule has 7 nitrogen and oxygen atoms in total. The number of rotatable bonds is 6. The van der Waals surface area contributed by atoms with Gasteiger partial charge in [0.2, 0.25) is 5.91 Å². The molecule has 0 aliphatic heterocycles. The molecule has 0 radical (unpaired) electrons. The van der Waals surface area contributed by atoms with E-state index in [9.17, 15) is 14.4 Å². The number of nitrogens with two attached hydrogens (primary N) is 1. The lowest BCUT2D eigenvalue weighted by atomic mass is 9.81. The second-order valence-corrected chi connectivity index (χ2v) is 5.93. The quantitative estimate of drug-likeness (QED) is 0.318. The van der Waals surface area contributed by atoms with Crippen molar-refractivity contribution in [1.29, 1.82) is 0 Å². The summed E-state index contributed by atoms with van der Waals surface area (Å²) in [6.45, 7) is 5.01. The Hall–Kier alpha value is -1.96. The first-order chi connectivity index (χ1) is 10.8. The van der Waals surface area contributed by atoms with Crippen molar-refractivity contribution in [3.63, 3.8) is 0 Å². The summed E-state index contributed by atoms with van der Waals surface area (Å²) in [7, 11) is 0. The molecule has 3 N–H and O–H groups in total. The van der Waals surface area contributed by atoms with Crippen LogP contribution in [0.3, 0.4) is 0 Å². The van der Waals surface area contributed by atoms with Crippen molar-refractivity contribution in [3.05, 3.63) is 12.2 Å². The summed E-state index contributed by atoms with van der Waals surface area (Å²) in [6, 6.07) is 0. The van der Waals surface area contributed by atoms with Crippen molar-refractivity contribution in [2.75, 3.05) is 13.2 Å². The number of carbonyl (C=O) groups is 3. The molecule has 1 fully saturated rings. The van der Waals surface area contributed by atoms with Crippen LogP contribution in [0.5, 0.6) is 0 Å². The zero-order valence-electron chi connectivity index (χ0n) is 13.1. The van der Waals surface area contributed by atoms with Crippen molar-refractivity contribution >= 4 is 35.2 Å². The number of amides is 1. The fourth-order valence-electron chi connectivity index (χ4n) is 2.33. The van der Waals surface area contributed by atoms with Crippen molar-refractivity contribution in [3.8, 4) is 0 Å². The molecule has 0 saturated heterocycles. The Labute approximate surface area is 140 Å². The van der Waals surface area contributed by atoms with Gasteiger partial charge in [0.15, 0.2) is 5.11 Å². The summed E-state index contributed by atoms with van der Waals surface area (Å²) in [5.74, 6) is -1.45. The van der Waals surface area contributed by atoms with Crippen LogP contribution in [0.15, 0.2) is 12.2 Å². The van der Waals surface area contributed by atoms with Gasteiger partial charge in [0, 0.05) is 11.5 Å². The van der Waals surface area contributed by atoms with E-state index in [1.165, 1.54) is 0 Å². The van der Waals surface area contributed by atoms with E-state index in [4.69, 9.17) is 15.2 Å². The SMILES string of the molecule is C=C(C)C(=O)OCCOC(=O)C1CCC(C(=O)NC(N)=S)CC1. The molecule has 0 aromatic heterocycles. The summed E-state index contributed by atoms with van der Waals surface area (Å²) in [5.41, 5.74) is 5.56. The lowest BCUT2D eigenvalue weighted by molar-refractivity contribution is -0.155. The largest absolute Gasteiger partial charge is 0.462 e. The fourth-order valence-corrected chi connectivity index (χ4v) is 2.43. The lowest BCUT2D eigenvalue weighted by Crippen LogP contribution is -2.40. The van der Waals surface area contributed by atoms with Gasteiger partial charge in [-0.2, -0.15) is 0 Å². The highest BCUT2D eigenvalue weighted by Gasteiger charge is 2.30. The minimum atomic E-state index is -0.509. The average molecular weight is 342 g/mol. The van der Waals surface area contributed by atoms with Crippen molar-refractivity contribution in [2.24, 2.45) is 17.6 Å². The van der Waals surface area contributed by atoms with Crippen LogP contribution in [0.1, 0.15) is 32.6 Å². The van der Waals surface area contributed by atoms with E-state index in [0.717, 1.165) is 0 Å². The summed E-state index contributed by atoms with van der Waals surface area (Å²) in [5, 5.41) is 2.38. The zero-order chi connectivity index (χ0) is 17.4. The Morgan fingerprint density at radius 2 is 1.65 bits per heavy atom. The number of nitrogens with one attached hydrogen (secondary N) is 1. The van der Waals surface area contributed by atoms with Gasteiger partial charge in [-0.3, -0.25) is 9.59 Å². The molecule has 0 aromatic carbocycles. The monoisotopic (exact) mass is 342 g/mol. The van der Waals surface area contributed by atoms with E-state index >= 15 is 0 Å². The molecule has 8 heteroatoms. The maximum absolute atomic E-state index is 11.9. The molecule has 23 heavy (non-hydrogen) atoms. The Balaban J connectivity index is 2.24. The third kappa shape index (κ3) is 6.77. The van der Waals surface area contributed by atoms with Crippen LogP contribution in [0.2, 0.25) is 0 Å². The fraction of sp³-hybridized carbons (Fsp3) is 0.600. The van der Waals surface area contributed by atoms with Crippen LogP contribution >= 0.6 is 12.2 Å². The second kappa shape index (κ2) is 9.24. The predicted octanol–water partition coefficient (Wildman–Crippen LogP) is 0.815. The first-order valence-corrected chi connectivity index (χ1v) is 7.81. The molecule has 0 spiro atoms. The Morgan fingerprint density at radius 1 is 1.13 bits per heavy atom. The number of thiocarbonyl (C=S) groups is 1. The minimum absolute atomic E-state index is 0.00310. The summed E-state index contributed by atoms with van der Waals surface area (Å²) < 4.78 is 9.92.